The van der Waals surface area contributed by atoms with Crippen molar-refractivity contribution in [1.29, 1.82) is 0 Å². The first kappa shape index (κ1) is 12.7. The average molecular weight is 258 g/mol. The van der Waals surface area contributed by atoms with Crippen LogP contribution in [-0.4, -0.2) is 12.9 Å². The summed E-state index contributed by atoms with van der Waals surface area (Å²) in [6, 6.07) is 5.94. The van der Waals surface area contributed by atoms with Gasteiger partial charge in [-0.05, 0) is 60.3 Å². The van der Waals surface area contributed by atoms with Crippen LogP contribution in [0, 0.1) is 11.3 Å². The van der Waals surface area contributed by atoms with Crippen molar-refractivity contribution < 1.29 is 9.53 Å². The number of methoxy groups -OCH3 is 1. The Balaban J connectivity index is 2.01. The summed E-state index contributed by atoms with van der Waals surface area (Å²) in [5.74, 6) is 2.26. The fourth-order valence-corrected chi connectivity index (χ4v) is 3.94. The van der Waals surface area contributed by atoms with Crippen LogP contribution in [-0.2, 0) is 0 Å². The Morgan fingerprint density at radius 1 is 1.32 bits per heavy atom. The summed E-state index contributed by atoms with van der Waals surface area (Å²) in [6.07, 6.45) is 4.34. The van der Waals surface area contributed by atoms with Gasteiger partial charge in [-0.1, -0.05) is 13.8 Å². The van der Waals surface area contributed by atoms with Crippen molar-refractivity contribution in [3.63, 3.8) is 0 Å². The molecule has 2 aliphatic carbocycles. The number of Topliss-reactive ketones (excluding diaryl/α,β-unsaturated/α-hetero) is 1. The van der Waals surface area contributed by atoms with Crippen LogP contribution in [0.15, 0.2) is 18.2 Å². The standard InChI is InChI=1S/C17H22O2/c1-17(2)7-6-13-11(10-17)8-16(18)14-5-4-12(19-3)9-15(13)14/h4-5,9,11,13H,6-8,10H2,1-3H3/t11-,13+/m0/s1. The smallest absolute Gasteiger partial charge is 0.163 e. The molecule has 102 valence electrons. The number of carbonyl (C=O) groups excluding carboxylic acids is 1. The first-order valence-corrected chi connectivity index (χ1v) is 7.21. The Morgan fingerprint density at radius 2 is 2.11 bits per heavy atom. The Labute approximate surface area is 115 Å². The van der Waals surface area contributed by atoms with Crippen molar-refractivity contribution in [3.05, 3.63) is 29.3 Å². The normalized spacial score (nSPS) is 28.5. The van der Waals surface area contributed by atoms with E-state index >= 15 is 0 Å². The Hall–Kier alpha value is -1.31. The lowest BCUT2D eigenvalue weighted by atomic mass is 9.61. The molecule has 0 unspecified atom stereocenters. The molecule has 0 N–H and O–H groups in total. The van der Waals surface area contributed by atoms with E-state index < -0.39 is 0 Å². The van der Waals surface area contributed by atoms with E-state index in [1.54, 1.807) is 7.11 Å². The van der Waals surface area contributed by atoms with Crippen LogP contribution >= 0.6 is 0 Å². The number of ketones is 1. The zero-order chi connectivity index (χ0) is 13.6. The van der Waals surface area contributed by atoms with E-state index in [4.69, 9.17) is 4.74 Å². The Bertz CT molecular complexity index is 516. The second-order valence-corrected chi connectivity index (χ2v) is 6.85. The minimum atomic E-state index is 0.316. The highest BCUT2D eigenvalue weighted by Crippen LogP contribution is 2.51. The quantitative estimate of drug-likeness (QED) is 0.755. The SMILES string of the molecule is COc1ccc2c(c1)[C@@H]1CCC(C)(C)C[C@@H]1CC2=O. The highest BCUT2D eigenvalue weighted by molar-refractivity contribution is 5.99. The maximum atomic E-state index is 12.3. The van der Waals surface area contributed by atoms with Gasteiger partial charge < -0.3 is 4.74 Å². The maximum Gasteiger partial charge on any atom is 0.163 e. The predicted molar refractivity (Wildman–Crippen MR) is 75.8 cm³/mol. The molecule has 19 heavy (non-hydrogen) atoms. The molecule has 2 aliphatic rings. The van der Waals surface area contributed by atoms with Crippen LogP contribution in [0.1, 0.15) is 61.4 Å². The molecule has 0 radical (unpaired) electrons. The molecule has 0 saturated heterocycles. The topological polar surface area (TPSA) is 26.3 Å². The molecule has 2 heteroatoms. The van der Waals surface area contributed by atoms with E-state index in [9.17, 15) is 4.79 Å². The highest BCUT2D eigenvalue weighted by atomic mass is 16.5. The van der Waals surface area contributed by atoms with Gasteiger partial charge in [0.2, 0.25) is 0 Å². The fraction of sp³-hybridized carbons (Fsp3) is 0.588. The molecule has 0 aliphatic heterocycles. The van der Waals surface area contributed by atoms with Gasteiger partial charge in [-0.3, -0.25) is 4.79 Å². The summed E-state index contributed by atoms with van der Waals surface area (Å²) in [5.41, 5.74) is 2.55. The van der Waals surface area contributed by atoms with Crippen LogP contribution in [0.4, 0.5) is 0 Å². The number of hydrogen-bond donors (Lipinski definition) is 0. The largest absolute Gasteiger partial charge is 0.497 e. The first-order chi connectivity index (χ1) is 9.00. The zero-order valence-corrected chi connectivity index (χ0v) is 12.0. The fourth-order valence-electron chi connectivity index (χ4n) is 3.94. The molecule has 1 aromatic carbocycles. The van der Waals surface area contributed by atoms with Crippen molar-refractivity contribution >= 4 is 5.78 Å². The summed E-state index contributed by atoms with van der Waals surface area (Å²) in [6.45, 7) is 4.66. The lowest BCUT2D eigenvalue weighted by Gasteiger charge is -2.43. The second kappa shape index (κ2) is 4.36. The number of carbonyl (C=O) groups is 1. The van der Waals surface area contributed by atoms with Gasteiger partial charge in [-0.25, -0.2) is 0 Å². The third-order valence-corrected chi connectivity index (χ3v) is 4.92. The average Bonchev–Trinajstić information content (AvgIpc) is 2.36. The Kier molecular flexibility index (Phi) is 2.92. The van der Waals surface area contributed by atoms with Gasteiger partial charge in [0.15, 0.2) is 5.78 Å². The second-order valence-electron chi connectivity index (χ2n) is 6.85. The molecule has 3 rings (SSSR count). The number of ether oxygens (including phenoxy) is 1. The summed E-state index contributed by atoms with van der Waals surface area (Å²) >= 11 is 0. The lowest BCUT2D eigenvalue weighted by Crippen LogP contribution is -2.34. The van der Waals surface area contributed by atoms with Gasteiger partial charge in [-0.2, -0.15) is 0 Å². The van der Waals surface area contributed by atoms with Crippen molar-refractivity contribution in [3.8, 4) is 5.75 Å². The molecule has 0 amide bonds. The summed E-state index contributed by atoms with van der Waals surface area (Å²) in [7, 11) is 1.69. The van der Waals surface area contributed by atoms with E-state index in [1.807, 2.05) is 12.1 Å². The van der Waals surface area contributed by atoms with Gasteiger partial charge >= 0.3 is 0 Å². The van der Waals surface area contributed by atoms with Crippen molar-refractivity contribution in [2.75, 3.05) is 7.11 Å². The van der Waals surface area contributed by atoms with E-state index in [0.717, 1.165) is 17.7 Å². The van der Waals surface area contributed by atoms with E-state index in [0.29, 0.717) is 23.0 Å². The molecule has 0 spiro atoms. The molecule has 1 fully saturated rings. The van der Waals surface area contributed by atoms with Crippen molar-refractivity contribution in [1.82, 2.24) is 0 Å². The van der Waals surface area contributed by atoms with Gasteiger partial charge in [0.1, 0.15) is 5.75 Å². The third-order valence-electron chi connectivity index (χ3n) is 4.92. The van der Waals surface area contributed by atoms with E-state index in [-0.39, 0.29) is 0 Å². The number of hydrogen-bond acceptors (Lipinski definition) is 2. The van der Waals surface area contributed by atoms with Crippen LogP contribution in [0.3, 0.4) is 0 Å². The molecule has 2 nitrogen and oxygen atoms in total. The monoisotopic (exact) mass is 258 g/mol. The summed E-state index contributed by atoms with van der Waals surface area (Å²) < 4.78 is 5.32. The van der Waals surface area contributed by atoms with Crippen LogP contribution in [0.25, 0.3) is 0 Å². The molecule has 1 saturated carbocycles. The van der Waals surface area contributed by atoms with Gasteiger partial charge in [0.05, 0.1) is 7.11 Å². The van der Waals surface area contributed by atoms with Crippen LogP contribution in [0.2, 0.25) is 0 Å². The molecular weight excluding hydrogens is 236 g/mol. The summed E-state index contributed by atoms with van der Waals surface area (Å²) in [4.78, 5) is 12.3. The van der Waals surface area contributed by atoms with E-state index in [1.165, 1.54) is 24.8 Å². The maximum absolute atomic E-state index is 12.3. The van der Waals surface area contributed by atoms with Crippen LogP contribution < -0.4 is 4.74 Å². The number of benzene rings is 1. The van der Waals surface area contributed by atoms with E-state index in [2.05, 4.69) is 19.9 Å². The molecule has 0 bridgehead atoms. The van der Waals surface area contributed by atoms with Crippen molar-refractivity contribution in [2.24, 2.45) is 11.3 Å². The molecule has 0 heterocycles. The lowest BCUT2D eigenvalue weighted by molar-refractivity contribution is 0.0850. The summed E-state index contributed by atoms with van der Waals surface area (Å²) in [5, 5.41) is 0. The van der Waals surface area contributed by atoms with Gasteiger partial charge in [0, 0.05) is 12.0 Å². The minimum Gasteiger partial charge on any atom is -0.497 e. The highest BCUT2D eigenvalue weighted by Gasteiger charge is 2.41. The third kappa shape index (κ3) is 2.18. The minimum absolute atomic E-state index is 0.316. The van der Waals surface area contributed by atoms with Crippen molar-refractivity contribution in [2.45, 2.75) is 45.4 Å². The zero-order valence-electron chi connectivity index (χ0n) is 12.0. The number of fused-ring (bicyclic) bond motifs is 3. The number of rotatable bonds is 1. The Morgan fingerprint density at radius 3 is 2.84 bits per heavy atom. The molecule has 1 aromatic rings. The first-order valence-electron chi connectivity index (χ1n) is 7.21. The van der Waals surface area contributed by atoms with Gasteiger partial charge in [0.25, 0.3) is 0 Å². The predicted octanol–water partition coefficient (Wildman–Crippen LogP) is 4.19. The molecule has 0 aromatic heterocycles. The van der Waals surface area contributed by atoms with Crippen LogP contribution in [0.5, 0.6) is 5.75 Å². The molecular formula is C17H22O2. The van der Waals surface area contributed by atoms with Gasteiger partial charge in [-0.15, -0.1) is 0 Å². The molecule has 2 atom stereocenters.